The van der Waals surface area contributed by atoms with Gasteiger partial charge < -0.3 is 15.8 Å². The van der Waals surface area contributed by atoms with Crippen molar-refractivity contribution in [2.75, 3.05) is 26.3 Å². The normalized spacial score (nSPS) is 12.6. The summed E-state index contributed by atoms with van der Waals surface area (Å²) >= 11 is 0. The first-order chi connectivity index (χ1) is 8.13. The summed E-state index contributed by atoms with van der Waals surface area (Å²) < 4.78 is 7.18. The molecular formula is C12H22N4O. The highest BCUT2D eigenvalue weighted by molar-refractivity contribution is 5.10. The highest BCUT2D eigenvalue weighted by atomic mass is 16.5. The first-order valence-electron chi connectivity index (χ1n) is 5.77. The number of hydrogen-bond donors (Lipinski definition) is 2. The molecule has 0 bridgehead atoms. The molecule has 5 heteroatoms. The van der Waals surface area contributed by atoms with Gasteiger partial charge in [-0.05, 0) is 6.92 Å². The molecule has 1 rings (SSSR count). The Morgan fingerprint density at radius 1 is 1.71 bits per heavy atom. The summed E-state index contributed by atoms with van der Waals surface area (Å²) in [6.07, 6.45) is 3.80. The fourth-order valence-corrected chi connectivity index (χ4v) is 1.51. The predicted octanol–water partition coefficient (Wildman–Crippen LogP) is 0.602. The molecule has 0 saturated heterocycles. The second kappa shape index (κ2) is 7.21. The summed E-state index contributed by atoms with van der Waals surface area (Å²) in [5.74, 6) is 0. The van der Waals surface area contributed by atoms with Crippen LogP contribution in [-0.4, -0.2) is 36.1 Å². The summed E-state index contributed by atoms with van der Waals surface area (Å²) in [7, 11) is 1.90. The molecule has 1 atom stereocenters. The average Bonchev–Trinajstić information content (AvgIpc) is 2.70. The van der Waals surface area contributed by atoms with Gasteiger partial charge in [-0.25, -0.2) is 0 Å². The molecule has 0 aliphatic carbocycles. The van der Waals surface area contributed by atoms with Gasteiger partial charge in [0, 0.05) is 37.9 Å². The van der Waals surface area contributed by atoms with E-state index in [1.807, 2.05) is 26.4 Å². The van der Waals surface area contributed by atoms with E-state index in [-0.39, 0.29) is 6.04 Å². The van der Waals surface area contributed by atoms with Gasteiger partial charge in [-0.3, -0.25) is 4.68 Å². The molecule has 0 aliphatic heterocycles. The maximum absolute atomic E-state index is 5.72. The lowest BCUT2D eigenvalue weighted by molar-refractivity contribution is 0.155. The van der Waals surface area contributed by atoms with Gasteiger partial charge in [0.05, 0.1) is 19.4 Å². The number of nitrogens with zero attached hydrogens (tertiary/aromatic N) is 2. The SMILES string of the molecule is C=C(C)COCCNC(CN)c1cnn(C)c1. The van der Waals surface area contributed by atoms with Crippen molar-refractivity contribution in [3.05, 3.63) is 30.1 Å². The zero-order chi connectivity index (χ0) is 12.7. The first kappa shape index (κ1) is 13.9. The molecule has 1 heterocycles. The van der Waals surface area contributed by atoms with E-state index in [4.69, 9.17) is 10.5 Å². The minimum Gasteiger partial charge on any atom is -0.376 e. The van der Waals surface area contributed by atoms with Crippen LogP contribution in [0.1, 0.15) is 18.5 Å². The minimum atomic E-state index is 0.136. The summed E-state index contributed by atoms with van der Waals surface area (Å²) in [6.45, 7) is 8.31. The van der Waals surface area contributed by atoms with Crippen molar-refractivity contribution in [1.29, 1.82) is 0 Å². The Hall–Kier alpha value is -1.17. The van der Waals surface area contributed by atoms with Gasteiger partial charge in [-0.15, -0.1) is 0 Å². The van der Waals surface area contributed by atoms with E-state index in [1.165, 1.54) is 0 Å². The minimum absolute atomic E-state index is 0.136. The van der Waals surface area contributed by atoms with Crippen molar-refractivity contribution in [2.24, 2.45) is 12.8 Å². The van der Waals surface area contributed by atoms with Gasteiger partial charge in [0.1, 0.15) is 0 Å². The van der Waals surface area contributed by atoms with Gasteiger partial charge >= 0.3 is 0 Å². The third-order valence-corrected chi connectivity index (χ3v) is 2.35. The molecule has 96 valence electrons. The van der Waals surface area contributed by atoms with Crippen LogP contribution in [0, 0.1) is 0 Å². The van der Waals surface area contributed by atoms with Gasteiger partial charge in [0.25, 0.3) is 0 Å². The Kier molecular flexibility index (Phi) is 5.90. The monoisotopic (exact) mass is 238 g/mol. The molecular weight excluding hydrogens is 216 g/mol. The zero-order valence-corrected chi connectivity index (χ0v) is 10.6. The lowest BCUT2D eigenvalue weighted by atomic mass is 10.1. The van der Waals surface area contributed by atoms with Gasteiger partial charge in [-0.2, -0.15) is 5.10 Å². The van der Waals surface area contributed by atoms with Gasteiger partial charge in [-0.1, -0.05) is 12.2 Å². The van der Waals surface area contributed by atoms with E-state index in [9.17, 15) is 0 Å². The maximum Gasteiger partial charge on any atom is 0.0672 e. The van der Waals surface area contributed by atoms with E-state index in [0.29, 0.717) is 19.8 Å². The van der Waals surface area contributed by atoms with Crippen molar-refractivity contribution >= 4 is 0 Å². The molecule has 0 radical (unpaired) electrons. The molecule has 3 N–H and O–H groups in total. The second-order valence-electron chi connectivity index (χ2n) is 4.20. The largest absolute Gasteiger partial charge is 0.376 e. The molecule has 1 unspecified atom stereocenters. The summed E-state index contributed by atoms with van der Waals surface area (Å²) in [5, 5.41) is 7.47. The molecule has 0 saturated carbocycles. The molecule has 17 heavy (non-hydrogen) atoms. The van der Waals surface area contributed by atoms with Crippen LogP contribution in [0.25, 0.3) is 0 Å². The number of aromatic nitrogens is 2. The van der Waals surface area contributed by atoms with Crippen molar-refractivity contribution in [2.45, 2.75) is 13.0 Å². The van der Waals surface area contributed by atoms with Crippen LogP contribution in [0.4, 0.5) is 0 Å². The van der Waals surface area contributed by atoms with E-state index in [1.54, 1.807) is 4.68 Å². The maximum atomic E-state index is 5.72. The Morgan fingerprint density at radius 2 is 2.47 bits per heavy atom. The van der Waals surface area contributed by atoms with E-state index >= 15 is 0 Å². The fraction of sp³-hybridized carbons (Fsp3) is 0.583. The summed E-state index contributed by atoms with van der Waals surface area (Å²) in [6, 6.07) is 0.136. The molecule has 1 aromatic rings. The van der Waals surface area contributed by atoms with Gasteiger partial charge in [0.15, 0.2) is 0 Å². The Bertz CT molecular complexity index is 348. The summed E-state index contributed by atoms with van der Waals surface area (Å²) in [4.78, 5) is 0. The number of rotatable bonds is 8. The summed E-state index contributed by atoms with van der Waals surface area (Å²) in [5.41, 5.74) is 7.86. The molecule has 0 aromatic carbocycles. The number of aryl methyl sites for hydroxylation is 1. The second-order valence-corrected chi connectivity index (χ2v) is 4.20. The topological polar surface area (TPSA) is 65.1 Å². The highest BCUT2D eigenvalue weighted by Gasteiger charge is 2.09. The van der Waals surface area contributed by atoms with Crippen molar-refractivity contribution in [1.82, 2.24) is 15.1 Å². The third-order valence-electron chi connectivity index (χ3n) is 2.35. The Balaban J connectivity index is 2.26. The van der Waals surface area contributed by atoms with Crippen LogP contribution in [-0.2, 0) is 11.8 Å². The number of ether oxygens (including phenoxy) is 1. The predicted molar refractivity (Wildman–Crippen MR) is 68.6 cm³/mol. The molecule has 0 spiro atoms. The lowest BCUT2D eigenvalue weighted by Crippen LogP contribution is -2.30. The Labute approximate surface area is 103 Å². The van der Waals surface area contributed by atoms with Crippen LogP contribution in [0.2, 0.25) is 0 Å². The van der Waals surface area contributed by atoms with Gasteiger partial charge in [0.2, 0.25) is 0 Å². The van der Waals surface area contributed by atoms with Crippen molar-refractivity contribution < 1.29 is 4.74 Å². The van der Waals surface area contributed by atoms with Crippen LogP contribution >= 0.6 is 0 Å². The Morgan fingerprint density at radius 3 is 3.00 bits per heavy atom. The molecule has 5 nitrogen and oxygen atoms in total. The third kappa shape index (κ3) is 5.12. The number of nitrogens with one attached hydrogen (secondary N) is 1. The van der Waals surface area contributed by atoms with E-state index < -0.39 is 0 Å². The molecule has 0 aliphatic rings. The van der Waals surface area contributed by atoms with Crippen LogP contribution in [0.5, 0.6) is 0 Å². The van der Waals surface area contributed by atoms with Crippen LogP contribution < -0.4 is 11.1 Å². The van der Waals surface area contributed by atoms with Crippen LogP contribution in [0.3, 0.4) is 0 Å². The highest BCUT2D eigenvalue weighted by Crippen LogP contribution is 2.09. The zero-order valence-electron chi connectivity index (χ0n) is 10.6. The van der Waals surface area contributed by atoms with Crippen molar-refractivity contribution in [3.63, 3.8) is 0 Å². The van der Waals surface area contributed by atoms with E-state index in [2.05, 4.69) is 17.0 Å². The molecule has 1 aromatic heterocycles. The number of hydrogen-bond acceptors (Lipinski definition) is 4. The van der Waals surface area contributed by atoms with Crippen molar-refractivity contribution in [3.8, 4) is 0 Å². The average molecular weight is 238 g/mol. The fourth-order valence-electron chi connectivity index (χ4n) is 1.51. The number of nitrogens with two attached hydrogens (primary N) is 1. The molecule has 0 fully saturated rings. The first-order valence-corrected chi connectivity index (χ1v) is 5.77. The van der Waals surface area contributed by atoms with Crippen LogP contribution in [0.15, 0.2) is 24.5 Å². The smallest absolute Gasteiger partial charge is 0.0672 e. The van der Waals surface area contributed by atoms with E-state index in [0.717, 1.165) is 17.7 Å². The quantitative estimate of drug-likeness (QED) is 0.514. The molecule has 0 amide bonds. The lowest BCUT2D eigenvalue weighted by Gasteiger charge is -2.15. The standard InChI is InChI=1S/C12H22N4O/c1-10(2)9-17-5-4-14-12(6-13)11-7-15-16(3)8-11/h7-8,12,14H,1,4-6,9,13H2,2-3H3.